The van der Waals surface area contributed by atoms with Crippen molar-refractivity contribution in [1.82, 2.24) is 24.7 Å². The minimum Gasteiger partial charge on any atom is -0.507 e. The van der Waals surface area contributed by atoms with Crippen LogP contribution in [0, 0.1) is 10.8 Å². The van der Waals surface area contributed by atoms with E-state index in [9.17, 15) is 5.11 Å². The topological polar surface area (TPSA) is 76.7 Å². The first-order chi connectivity index (χ1) is 14.4. The Balaban J connectivity index is 1.43. The van der Waals surface area contributed by atoms with Crippen molar-refractivity contribution < 1.29 is 9.50 Å². The van der Waals surface area contributed by atoms with Crippen molar-refractivity contribution in [3.63, 3.8) is 0 Å². The molecule has 0 radical (unpaired) electrons. The summed E-state index contributed by atoms with van der Waals surface area (Å²) in [6.45, 7) is 4.36. The Labute approximate surface area is 178 Å². The van der Waals surface area contributed by atoms with E-state index in [1.807, 2.05) is 6.08 Å². The van der Waals surface area contributed by atoms with Crippen LogP contribution in [0.5, 0.6) is 5.75 Å². The van der Waals surface area contributed by atoms with Crippen LogP contribution in [0.15, 0.2) is 36.6 Å². The van der Waals surface area contributed by atoms with Crippen LogP contribution in [0.4, 0.5) is 4.39 Å². The van der Waals surface area contributed by atoms with Gasteiger partial charge in [0.2, 0.25) is 0 Å². The number of fused-ring (bicyclic) bond motifs is 2. The van der Waals surface area contributed by atoms with Crippen molar-refractivity contribution in [2.24, 2.45) is 10.8 Å². The van der Waals surface area contributed by atoms with Gasteiger partial charge in [-0.15, -0.1) is 10.2 Å². The number of rotatable bonds is 3. The summed E-state index contributed by atoms with van der Waals surface area (Å²) in [6.07, 6.45) is 12.4. The third-order valence-electron chi connectivity index (χ3n) is 6.54. The molecule has 5 rings (SSSR count). The van der Waals surface area contributed by atoms with Crippen molar-refractivity contribution >= 4 is 17.4 Å². The summed E-state index contributed by atoms with van der Waals surface area (Å²) in [5.74, 6) is 0.635. The van der Waals surface area contributed by atoms with Crippen molar-refractivity contribution in [2.75, 3.05) is 0 Å². The van der Waals surface area contributed by atoms with Crippen LogP contribution in [0.1, 0.15) is 51.0 Å². The molecule has 3 aromatic rings. The van der Waals surface area contributed by atoms with Gasteiger partial charge in [0.1, 0.15) is 29.1 Å². The average Bonchev–Trinajstić information content (AvgIpc) is 3.38. The Morgan fingerprint density at radius 3 is 2.93 bits per heavy atom. The molecule has 2 bridgehead atoms. The van der Waals surface area contributed by atoms with Gasteiger partial charge >= 0.3 is 0 Å². The average molecular weight is 426 g/mol. The van der Waals surface area contributed by atoms with Gasteiger partial charge < -0.3 is 5.11 Å². The smallest absolute Gasteiger partial charge is 0.153 e. The lowest BCUT2D eigenvalue weighted by atomic mass is 9.54. The summed E-state index contributed by atoms with van der Waals surface area (Å²) in [4.78, 5) is 8.37. The molecule has 3 atom stereocenters. The number of allylic oxidation sites excluding steroid dienone is 1. The largest absolute Gasteiger partial charge is 0.507 e. The van der Waals surface area contributed by atoms with Gasteiger partial charge in [-0.3, -0.25) is 4.57 Å². The van der Waals surface area contributed by atoms with Crippen LogP contribution < -0.4 is 0 Å². The third kappa shape index (κ3) is 3.33. The SMILES string of the molecule is C[C@]12CCC[C@](C)(C1)[C@@H](F)/C(=C/c1nnc(-c3cnc(-n4ccnc4)cc3O)s1)C2. The van der Waals surface area contributed by atoms with Gasteiger partial charge in [0, 0.05) is 30.1 Å². The maximum absolute atomic E-state index is 15.4. The summed E-state index contributed by atoms with van der Waals surface area (Å²) in [5.41, 5.74) is 1.22. The number of halogens is 1. The van der Waals surface area contributed by atoms with Gasteiger partial charge in [0.25, 0.3) is 0 Å². The maximum Gasteiger partial charge on any atom is 0.153 e. The quantitative estimate of drug-likeness (QED) is 0.624. The molecule has 0 aromatic carbocycles. The van der Waals surface area contributed by atoms with Crippen molar-refractivity contribution in [3.05, 3.63) is 41.6 Å². The zero-order valence-corrected chi connectivity index (χ0v) is 17.9. The standard InChI is InChI=1S/C22H24FN5OS/c1-21-4-3-5-22(2,12-21)19(23)14(10-21)8-18-26-27-20(30-18)15-11-25-17(9-16(15)29)28-7-6-24-13-28/h6-9,11,13,19H,3-5,10,12H2,1-2H3,(H,25,29)/b14-8+/t19-,21+,22+/m0/s1. The number of aromatic hydroxyl groups is 1. The Hall–Kier alpha value is -2.61. The summed E-state index contributed by atoms with van der Waals surface area (Å²) in [5, 5.41) is 20.2. The molecule has 0 saturated heterocycles. The van der Waals surface area contributed by atoms with Gasteiger partial charge in [0.05, 0.1) is 5.56 Å². The van der Waals surface area contributed by atoms with E-state index in [-0.39, 0.29) is 16.6 Å². The van der Waals surface area contributed by atoms with Gasteiger partial charge in [-0.1, -0.05) is 31.6 Å². The highest BCUT2D eigenvalue weighted by atomic mass is 32.1. The number of pyridine rings is 1. The molecular formula is C22H24FN5OS. The highest BCUT2D eigenvalue weighted by Crippen LogP contribution is 2.58. The van der Waals surface area contributed by atoms with Crippen LogP contribution >= 0.6 is 11.3 Å². The summed E-state index contributed by atoms with van der Waals surface area (Å²) in [7, 11) is 0. The molecule has 156 valence electrons. The summed E-state index contributed by atoms with van der Waals surface area (Å²) >= 11 is 1.34. The highest BCUT2D eigenvalue weighted by molar-refractivity contribution is 7.15. The van der Waals surface area contributed by atoms with E-state index < -0.39 is 6.17 Å². The number of hydrogen-bond acceptors (Lipinski definition) is 6. The number of alkyl halides is 1. The van der Waals surface area contributed by atoms with Crippen molar-refractivity contribution in [1.29, 1.82) is 0 Å². The van der Waals surface area contributed by atoms with Crippen molar-refractivity contribution in [2.45, 2.75) is 52.1 Å². The summed E-state index contributed by atoms with van der Waals surface area (Å²) in [6, 6.07) is 1.57. The lowest BCUT2D eigenvalue weighted by Crippen LogP contribution is -2.45. The normalized spacial score (nSPS) is 30.0. The lowest BCUT2D eigenvalue weighted by molar-refractivity contribution is -0.00516. The Kier molecular flexibility index (Phi) is 4.50. The molecule has 3 aromatic heterocycles. The van der Waals surface area contributed by atoms with Gasteiger partial charge in [-0.2, -0.15) is 0 Å². The first-order valence-electron chi connectivity index (χ1n) is 10.2. The molecule has 0 spiro atoms. The first kappa shape index (κ1) is 19.4. The Bertz CT molecular complexity index is 1110. The van der Waals surface area contributed by atoms with Crippen LogP contribution in [-0.2, 0) is 0 Å². The number of nitrogens with zero attached hydrogens (tertiary/aromatic N) is 5. The van der Waals surface area contributed by atoms with E-state index >= 15 is 4.39 Å². The van der Waals surface area contributed by atoms with E-state index in [2.05, 4.69) is 34.0 Å². The third-order valence-corrected chi connectivity index (χ3v) is 7.45. The molecule has 1 N–H and O–H groups in total. The minimum absolute atomic E-state index is 0.0691. The summed E-state index contributed by atoms with van der Waals surface area (Å²) < 4.78 is 17.1. The van der Waals surface area contributed by atoms with Gasteiger partial charge in [-0.05, 0) is 42.7 Å². The molecule has 3 heterocycles. The first-order valence-corrected chi connectivity index (χ1v) is 11.0. The molecule has 2 saturated carbocycles. The van der Waals surface area contributed by atoms with E-state index in [1.54, 1.807) is 35.6 Å². The molecule has 30 heavy (non-hydrogen) atoms. The minimum atomic E-state index is -0.942. The maximum atomic E-state index is 15.4. The van der Waals surface area contributed by atoms with Crippen LogP contribution in [0.25, 0.3) is 22.5 Å². The second-order valence-electron chi connectivity index (χ2n) is 9.23. The van der Waals surface area contributed by atoms with E-state index in [0.29, 0.717) is 21.4 Å². The fourth-order valence-corrected chi connectivity index (χ4v) is 6.13. The molecule has 6 nitrogen and oxygen atoms in total. The predicted molar refractivity (Wildman–Crippen MR) is 114 cm³/mol. The van der Waals surface area contributed by atoms with Gasteiger partial charge in [0.15, 0.2) is 5.01 Å². The monoisotopic (exact) mass is 425 g/mol. The number of hydrogen-bond donors (Lipinski definition) is 1. The molecule has 0 unspecified atom stereocenters. The molecule has 0 amide bonds. The van der Waals surface area contributed by atoms with Crippen LogP contribution in [0.2, 0.25) is 0 Å². The number of imidazole rings is 1. The molecular weight excluding hydrogens is 401 g/mol. The zero-order valence-electron chi connectivity index (χ0n) is 17.0. The van der Waals surface area contributed by atoms with Gasteiger partial charge in [-0.25, -0.2) is 14.4 Å². The second-order valence-corrected chi connectivity index (χ2v) is 10.2. The van der Waals surface area contributed by atoms with E-state index in [1.165, 1.54) is 11.3 Å². The number of aromatic nitrogens is 5. The van der Waals surface area contributed by atoms with Crippen LogP contribution in [0.3, 0.4) is 0 Å². The Morgan fingerprint density at radius 1 is 1.30 bits per heavy atom. The predicted octanol–water partition coefficient (Wildman–Crippen LogP) is 5.20. The van der Waals surface area contributed by atoms with Crippen LogP contribution in [-0.4, -0.2) is 36.0 Å². The van der Waals surface area contributed by atoms with Crippen molar-refractivity contribution in [3.8, 4) is 22.1 Å². The van der Waals surface area contributed by atoms with E-state index in [4.69, 9.17) is 0 Å². The fourth-order valence-electron chi connectivity index (χ4n) is 5.29. The molecule has 8 heteroatoms. The molecule has 2 aliphatic carbocycles. The molecule has 0 aliphatic heterocycles. The lowest BCUT2D eigenvalue weighted by Gasteiger charge is -2.52. The van der Waals surface area contributed by atoms with E-state index in [0.717, 1.165) is 37.7 Å². The highest BCUT2D eigenvalue weighted by Gasteiger charge is 2.50. The Morgan fingerprint density at radius 2 is 2.17 bits per heavy atom. The molecule has 2 fully saturated rings. The molecule has 2 aliphatic rings. The zero-order chi connectivity index (χ0) is 20.9. The second kappa shape index (κ2) is 6.97. The fraction of sp³-hybridized carbons (Fsp3) is 0.455.